The van der Waals surface area contributed by atoms with Crippen LogP contribution in [0.5, 0.6) is 0 Å². The molecule has 0 unspecified atom stereocenters. The van der Waals surface area contributed by atoms with Gasteiger partial charge in [-0.1, -0.05) is 19.3 Å². The van der Waals surface area contributed by atoms with Crippen LogP contribution in [0, 0.1) is 5.82 Å². The van der Waals surface area contributed by atoms with E-state index in [1.54, 1.807) is 18.3 Å². The Morgan fingerprint density at radius 2 is 1.91 bits per heavy atom. The molecule has 118 valence electrons. The molecule has 1 aliphatic rings. The first-order valence-electron chi connectivity index (χ1n) is 8.22. The van der Waals surface area contributed by atoms with Gasteiger partial charge in [-0.15, -0.1) is 4.98 Å². The van der Waals surface area contributed by atoms with Crippen LogP contribution < -0.4 is 9.72 Å². The Bertz CT molecular complexity index is 804. The quantitative estimate of drug-likeness (QED) is 0.724. The van der Waals surface area contributed by atoms with Crippen LogP contribution in [-0.2, 0) is 0 Å². The molecule has 4 rings (SSSR count). The number of aromatic amines is 1. The minimum Gasteiger partial charge on any atom is -0.316 e. The van der Waals surface area contributed by atoms with E-state index in [-0.39, 0.29) is 5.82 Å². The van der Waals surface area contributed by atoms with Crippen LogP contribution in [0.2, 0.25) is 0 Å². The van der Waals surface area contributed by atoms with E-state index in [2.05, 4.69) is 15.3 Å². The molecule has 4 nitrogen and oxygen atoms in total. The second-order valence-electron chi connectivity index (χ2n) is 6.15. The summed E-state index contributed by atoms with van der Waals surface area (Å²) in [6, 6.07) is 8.97. The SMILES string of the molecule is Fc1ccc(-c2[nH]c3nccc[n+]3c2NC2CCCCC2)cc1. The summed E-state index contributed by atoms with van der Waals surface area (Å²) in [5.74, 6) is 1.56. The van der Waals surface area contributed by atoms with Crippen molar-refractivity contribution in [2.24, 2.45) is 0 Å². The normalized spacial score (nSPS) is 15.9. The van der Waals surface area contributed by atoms with Crippen molar-refractivity contribution in [3.05, 3.63) is 48.5 Å². The van der Waals surface area contributed by atoms with E-state index in [0.717, 1.165) is 22.9 Å². The maximum Gasteiger partial charge on any atom is 0.356 e. The number of H-pyrrole nitrogens is 1. The minimum absolute atomic E-state index is 0.225. The summed E-state index contributed by atoms with van der Waals surface area (Å²) < 4.78 is 15.3. The first kappa shape index (κ1) is 14.2. The first-order chi connectivity index (χ1) is 11.3. The molecule has 0 radical (unpaired) electrons. The number of anilines is 1. The van der Waals surface area contributed by atoms with Crippen molar-refractivity contribution in [3.8, 4) is 11.3 Å². The summed E-state index contributed by atoms with van der Waals surface area (Å²) in [4.78, 5) is 7.75. The van der Waals surface area contributed by atoms with Crippen LogP contribution in [0.25, 0.3) is 17.0 Å². The van der Waals surface area contributed by atoms with E-state index < -0.39 is 0 Å². The van der Waals surface area contributed by atoms with Gasteiger partial charge in [0.25, 0.3) is 0 Å². The minimum atomic E-state index is -0.225. The van der Waals surface area contributed by atoms with Crippen LogP contribution >= 0.6 is 0 Å². The van der Waals surface area contributed by atoms with Crippen molar-refractivity contribution < 1.29 is 8.79 Å². The number of rotatable bonds is 3. The van der Waals surface area contributed by atoms with E-state index in [9.17, 15) is 4.39 Å². The van der Waals surface area contributed by atoms with Gasteiger partial charge in [0.15, 0.2) is 5.69 Å². The van der Waals surface area contributed by atoms with E-state index in [4.69, 9.17) is 0 Å². The van der Waals surface area contributed by atoms with Crippen molar-refractivity contribution in [2.45, 2.75) is 38.1 Å². The maximum atomic E-state index is 13.2. The van der Waals surface area contributed by atoms with Crippen molar-refractivity contribution in [1.82, 2.24) is 9.97 Å². The Labute approximate surface area is 134 Å². The maximum absolute atomic E-state index is 13.2. The average Bonchev–Trinajstić information content (AvgIpc) is 2.95. The fraction of sp³-hybridized carbons (Fsp3) is 0.333. The van der Waals surface area contributed by atoms with Crippen LogP contribution in [0.3, 0.4) is 0 Å². The molecule has 2 aromatic heterocycles. The van der Waals surface area contributed by atoms with Crippen molar-refractivity contribution in [3.63, 3.8) is 0 Å². The van der Waals surface area contributed by atoms with Gasteiger partial charge in [0.2, 0.25) is 5.82 Å². The summed E-state index contributed by atoms with van der Waals surface area (Å²) >= 11 is 0. The summed E-state index contributed by atoms with van der Waals surface area (Å²) in [5, 5.41) is 3.68. The number of aromatic nitrogens is 3. The molecule has 1 saturated carbocycles. The Morgan fingerprint density at radius 3 is 2.70 bits per heavy atom. The first-order valence-corrected chi connectivity index (χ1v) is 8.22. The summed E-state index contributed by atoms with van der Waals surface area (Å²) in [5.41, 5.74) is 1.91. The predicted octanol–water partition coefficient (Wildman–Crippen LogP) is 3.70. The lowest BCUT2D eigenvalue weighted by molar-refractivity contribution is -0.497. The molecular weight excluding hydrogens is 291 g/mol. The molecule has 3 aromatic rings. The molecule has 0 amide bonds. The Hall–Kier alpha value is -2.43. The average molecular weight is 311 g/mol. The molecule has 2 heterocycles. The van der Waals surface area contributed by atoms with Crippen LogP contribution in [-0.4, -0.2) is 16.0 Å². The molecule has 0 atom stereocenters. The summed E-state index contributed by atoms with van der Waals surface area (Å²) in [7, 11) is 0. The predicted molar refractivity (Wildman–Crippen MR) is 87.6 cm³/mol. The zero-order valence-corrected chi connectivity index (χ0v) is 12.9. The Kier molecular flexibility index (Phi) is 3.69. The van der Waals surface area contributed by atoms with Gasteiger partial charge in [-0.25, -0.2) is 4.39 Å². The van der Waals surface area contributed by atoms with Gasteiger partial charge < -0.3 is 5.32 Å². The highest BCUT2D eigenvalue weighted by molar-refractivity contribution is 5.71. The summed E-state index contributed by atoms with van der Waals surface area (Å²) in [6.07, 6.45) is 10.0. The molecule has 23 heavy (non-hydrogen) atoms. The van der Waals surface area contributed by atoms with E-state index >= 15 is 0 Å². The molecule has 0 spiro atoms. The van der Waals surface area contributed by atoms with Crippen molar-refractivity contribution in [1.29, 1.82) is 0 Å². The van der Waals surface area contributed by atoms with Gasteiger partial charge in [0.05, 0.1) is 18.4 Å². The number of halogens is 1. The number of nitrogens with one attached hydrogen (secondary N) is 2. The largest absolute Gasteiger partial charge is 0.356 e. The third kappa shape index (κ3) is 2.79. The second-order valence-corrected chi connectivity index (χ2v) is 6.15. The number of imidazole rings is 1. The van der Waals surface area contributed by atoms with Gasteiger partial charge in [-0.05, 0) is 43.2 Å². The van der Waals surface area contributed by atoms with Gasteiger partial charge in [0, 0.05) is 5.56 Å². The third-order valence-corrected chi connectivity index (χ3v) is 4.54. The Morgan fingerprint density at radius 1 is 1.13 bits per heavy atom. The molecule has 0 saturated heterocycles. The van der Waals surface area contributed by atoms with E-state index in [0.29, 0.717) is 6.04 Å². The molecule has 5 heteroatoms. The summed E-state index contributed by atoms with van der Waals surface area (Å²) in [6.45, 7) is 0. The number of nitrogens with zero attached hydrogens (tertiary/aromatic N) is 2. The van der Waals surface area contributed by atoms with Crippen LogP contribution in [0.4, 0.5) is 10.2 Å². The van der Waals surface area contributed by atoms with Crippen molar-refractivity contribution >= 4 is 11.6 Å². The topological polar surface area (TPSA) is 44.8 Å². The van der Waals surface area contributed by atoms with E-state index in [1.807, 2.05) is 16.7 Å². The van der Waals surface area contributed by atoms with Gasteiger partial charge in [-0.2, -0.15) is 4.40 Å². The lowest BCUT2D eigenvalue weighted by Gasteiger charge is -2.21. The molecule has 1 aliphatic carbocycles. The molecule has 1 fully saturated rings. The number of fused-ring (bicyclic) bond motifs is 1. The molecule has 1 aromatic carbocycles. The fourth-order valence-electron chi connectivity index (χ4n) is 3.34. The number of hydrogen-bond donors (Lipinski definition) is 2. The van der Waals surface area contributed by atoms with Gasteiger partial charge in [-0.3, -0.25) is 4.98 Å². The highest BCUT2D eigenvalue weighted by Crippen LogP contribution is 2.28. The highest BCUT2D eigenvalue weighted by Gasteiger charge is 2.24. The third-order valence-electron chi connectivity index (χ3n) is 4.54. The highest BCUT2D eigenvalue weighted by atomic mass is 19.1. The van der Waals surface area contributed by atoms with Gasteiger partial charge in [0.1, 0.15) is 5.82 Å². The second kappa shape index (κ2) is 5.99. The smallest absolute Gasteiger partial charge is 0.316 e. The Balaban J connectivity index is 1.79. The monoisotopic (exact) mass is 311 g/mol. The lowest BCUT2D eigenvalue weighted by atomic mass is 9.95. The molecule has 2 N–H and O–H groups in total. The zero-order chi connectivity index (χ0) is 15.6. The number of hydrogen-bond acceptors (Lipinski definition) is 2. The van der Waals surface area contributed by atoms with Crippen LogP contribution in [0.1, 0.15) is 32.1 Å². The lowest BCUT2D eigenvalue weighted by Crippen LogP contribution is -2.31. The van der Waals surface area contributed by atoms with Crippen LogP contribution in [0.15, 0.2) is 42.7 Å². The standard InChI is InChI=1S/C18H19FN4/c19-14-9-7-13(8-10-14)16-17(21-15-5-2-1-3-6-15)23-12-4-11-20-18(23)22-16/h4,7-12,15,21H,1-3,5-6H2/p+1. The zero-order valence-electron chi connectivity index (χ0n) is 12.9. The van der Waals surface area contributed by atoms with Gasteiger partial charge >= 0.3 is 5.78 Å². The molecular formula is C18H20FN4+. The van der Waals surface area contributed by atoms with E-state index in [1.165, 1.54) is 44.2 Å². The molecule has 0 aliphatic heterocycles. The molecule has 0 bridgehead atoms. The van der Waals surface area contributed by atoms with Crippen molar-refractivity contribution in [2.75, 3.05) is 5.32 Å². The number of benzene rings is 1. The fourth-order valence-corrected chi connectivity index (χ4v) is 3.34.